The monoisotopic (exact) mass is 584 g/mol. The van der Waals surface area contributed by atoms with Gasteiger partial charge in [-0.15, -0.1) is 11.3 Å². The van der Waals surface area contributed by atoms with Gasteiger partial charge in [0.05, 0.1) is 47.9 Å². The van der Waals surface area contributed by atoms with Gasteiger partial charge in [-0.3, -0.25) is 0 Å². The Morgan fingerprint density at radius 1 is 1.19 bits per heavy atom. The average molecular weight is 585 g/mol. The number of fused-ring (bicyclic) bond motifs is 1. The van der Waals surface area contributed by atoms with Crippen LogP contribution < -0.4 is 10.0 Å². The zero-order chi connectivity index (χ0) is 26.3. The summed E-state index contributed by atoms with van der Waals surface area (Å²) in [5, 5.41) is 6.23. The van der Waals surface area contributed by atoms with Gasteiger partial charge in [0.1, 0.15) is 14.4 Å². The van der Waals surface area contributed by atoms with E-state index in [-0.39, 0.29) is 43.7 Å². The second-order valence-electron chi connectivity index (χ2n) is 7.33. The Morgan fingerprint density at radius 2 is 1.89 bits per heavy atom. The van der Waals surface area contributed by atoms with E-state index in [9.17, 15) is 26.4 Å². The van der Waals surface area contributed by atoms with Crippen molar-refractivity contribution in [3.05, 3.63) is 68.5 Å². The second kappa shape index (κ2) is 10.0. The molecule has 0 unspecified atom stereocenters. The number of benzene rings is 1. The molecule has 4 rings (SSSR count). The van der Waals surface area contributed by atoms with Gasteiger partial charge in [-0.25, -0.2) is 27.0 Å². The summed E-state index contributed by atoms with van der Waals surface area (Å²) in [5.41, 5.74) is 0.130. The van der Waals surface area contributed by atoms with Gasteiger partial charge >= 0.3 is 12.2 Å². The molecule has 0 fully saturated rings. The van der Waals surface area contributed by atoms with E-state index >= 15 is 4.39 Å². The number of halogens is 6. The molecule has 192 valence electrons. The summed E-state index contributed by atoms with van der Waals surface area (Å²) < 4.78 is 86.4. The number of amides is 2. The molecule has 2 N–H and O–H groups in total. The number of urea groups is 1. The predicted octanol–water partition coefficient (Wildman–Crippen LogP) is 5.16. The number of nitrogens with one attached hydrogen (secondary N) is 2. The van der Waals surface area contributed by atoms with Crippen LogP contribution in [0, 0.1) is 0 Å². The molecule has 3 heterocycles. The van der Waals surface area contributed by atoms with Gasteiger partial charge in [0, 0.05) is 11.1 Å². The van der Waals surface area contributed by atoms with Crippen LogP contribution in [-0.2, 0) is 27.5 Å². The number of rotatable bonds is 5. The number of ether oxygens (including phenoxy) is 1. The fraction of sp³-hybridized carbons (Fsp3) is 0.200. The van der Waals surface area contributed by atoms with E-state index in [0.717, 1.165) is 18.2 Å². The van der Waals surface area contributed by atoms with Gasteiger partial charge in [0.25, 0.3) is 10.0 Å². The van der Waals surface area contributed by atoms with Crippen LogP contribution >= 0.6 is 34.5 Å². The van der Waals surface area contributed by atoms with E-state index in [0.29, 0.717) is 16.9 Å². The minimum absolute atomic E-state index is 0.00371. The molecule has 0 spiro atoms. The van der Waals surface area contributed by atoms with Crippen molar-refractivity contribution in [1.82, 2.24) is 19.8 Å². The zero-order valence-corrected chi connectivity index (χ0v) is 20.8. The summed E-state index contributed by atoms with van der Waals surface area (Å²) in [6, 6.07) is 4.00. The number of hydrogen-bond donors (Lipinski definition) is 2. The maximum Gasteiger partial charge on any atom is 0.416 e. The molecule has 2 amide bonds. The molecule has 36 heavy (non-hydrogen) atoms. The highest BCUT2D eigenvalue weighted by Gasteiger charge is 2.31. The van der Waals surface area contributed by atoms with Crippen molar-refractivity contribution in [3.8, 4) is 5.69 Å². The maximum absolute atomic E-state index is 15.1. The van der Waals surface area contributed by atoms with E-state index in [1.165, 1.54) is 23.0 Å². The predicted molar refractivity (Wildman–Crippen MR) is 124 cm³/mol. The highest BCUT2D eigenvalue weighted by molar-refractivity contribution is 7.92. The highest BCUT2D eigenvalue weighted by Crippen LogP contribution is 2.35. The first-order chi connectivity index (χ1) is 16.9. The lowest BCUT2D eigenvalue weighted by Crippen LogP contribution is -2.39. The Balaban J connectivity index is 1.53. The van der Waals surface area contributed by atoms with Crippen LogP contribution in [0.5, 0.6) is 0 Å². The number of hydrogen-bond acceptors (Lipinski definition) is 6. The number of carbonyl (C=O) groups excluding carboxylic acids is 1. The van der Waals surface area contributed by atoms with Gasteiger partial charge in [-0.1, -0.05) is 23.2 Å². The molecule has 0 saturated heterocycles. The fourth-order valence-electron chi connectivity index (χ4n) is 3.27. The van der Waals surface area contributed by atoms with Gasteiger partial charge in [-0.05, 0) is 30.3 Å². The van der Waals surface area contributed by atoms with Crippen LogP contribution in [0.25, 0.3) is 11.3 Å². The van der Waals surface area contributed by atoms with Crippen molar-refractivity contribution < 1.29 is 35.5 Å². The minimum atomic E-state index is -4.52. The average Bonchev–Trinajstić information content (AvgIpc) is 3.40. The molecular weight excluding hydrogens is 571 g/mol. The van der Waals surface area contributed by atoms with E-state index < -0.39 is 40.2 Å². The summed E-state index contributed by atoms with van der Waals surface area (Å²) in [7, 11) is -4.30. The molecule has 1 aliphatic heterocycles. The van der Waals surface area contributed by atoms with Crippen LogP contribution in [0.4, 0.5) is 22.4 Å². The summed E-state index contributed by atoms with van der Waals surface area (Å²) in [4.78, 5) is 12.1. The van der Waals surface area contributed by atoms with Gasteiger partial charge in [0.15, 0.2) is 0 Å². The topological polar surface area (TPSA) is 102 Å². The first-order valence-corrected chi connectivity index (χ1v) is 12.9. The third kappa shape index (κ3) is 5.52. The minimum Gasteiger partial charge on any atom is -0.372 e. The molecule has 0 radical (unpaired) electrons. The molecule has 1 aromatic carbocycles. The zero-order valence-electron chi connectivity index (χ0n) is 17.7. The van der Waals surface area contributed by atoms with E-state index in [1.807, 2.05) is 0 Å². The number of nitrogens with zero attached hydrogens (tertiary/aromatic N) is 2. The third-order valence-electron chi connectivity index (χ3n) is 4.92. The van der Waals surface area contributed by atoms with E-state index in [4.69, 9.17) is 27.9 Å². The largest absolute Gasteiger partial charge is 0.416 e. The molecule has 0 bridgehead atoms. The van der Waals surface area contributed by atoms with Crippen LogP contribution in [0.3, 0.4) is 0 Å². The molecule has 0 saturated carbocycles. The number of carbonyl (C=O) groups is 1. The molecule has 0 atom stereocenters. The number of sulfonamides is 1. The van der Waals surface area contributed by atoms with Crippen molar-refractivity contribution in [2.45, 2.75) is 17.0 Å². The van der Waals surface area contributed by atoms with Gasteiger partial charge in [-0.2, -0.15) is 18.3 Å². The van der Waals surface area contributed by atoms with Crippen molar-refractivity contribution in [1.29, 1.82) is 0 Å². The Labute approximate surface area is 215 Å². The molecule has 16 heteroatoms. The first-order valence-electron chi connectivity index (χ1n) is 9.82. The maximum atomic E-state index is 15.1. The normalized spacial score (nSPS) is 15.4. The molecule has 8 nitrogen and oxygen atoms in total. The molecule has 3 aromatic rings. The Kier molecular flexibility index (Phi) is 7.35. The van der Waals surface area contributed by atoms with Gasteiger partial charge in [0.2, 0.25) is 0 Å². The third-order valence-corrected chi connectivity index (χ3v) is 8.59. The van der Waals surface area contributed by atoms with Crippen LogP contribution in [0.1, 0.15) is 16.8 Å². The van der Waals surface area contributed by atoms with Crippen LogP contribution in [0.15, 0.2) is 46.6 Å². The summed E-state index contributed by atoms with van der Waals surface area (Å²) in [6.45, 7) is -0.826. The molecule has 2 aromatic heterocycles. The second-order valence-corrected chi connectivity index (χ2v) is 11.3. The molecule has 0 aliphatic carbocycles. The Morgan fingerprint density at radius 3 is 2.50 bits per heavy atom. The molecule has 1 aliphatic rings. The van der Waals surface area contributed by atoms with E-state index in [1.54, 1.807) is 4.72 Å². The summed E-state index contributed by atoms with van der Waals surface area (Å²) in [5.74, 6) is -0.862. The van der Waals surface area contributed by atoms with Crippen molar-refractivity contribution >= 4 is 56.2 Å². The first kappa shape index (κ1) is 26.4. The van der Waals surface area contributed by atoms with Crippen LogP contribution in [-0.4, -0.2) is 37.4 Å². The summed E-state index contributed by atoms with van der Waals surface area (Å²) >= 11 is 12.1. The lowest BCUT2D eigenvalue weighted by Gasteiger charge is -2.20. The van der Waals surface area contributed by atoms with Crippen molar-refractivity contribution in [3.63, 3.8) is 0 Å². The highest BCUT2D eigenvalue weighted by atomic mass is 35.5. The van der Waals surface area contributed by atoms with Crippen molar-refractivity contribution in [2.24, 2.45) is 0 Å². The van der Waals surface area contributed by atoms with E-state index in [2.05, 4.69) is 10.4 Å². The van der Waals surface area contributed by atoms with Crippen LogP contribution in [0.2, 0.25) is 9.36 Å². The standard InChI is InChI=1S/C20H14Cl2F4N4O4S2/c21-14-5-16(35-18(14)22)36(32,33)29-19(31)27-7-15(23)13-9-34-8-10-6-28-30(17(10)13)12-3-1-11(2-4-12)20(24,25)26/h1-6H,7-9H2,(H2,27,29,31). The number of alkyl halides is 3. The van der Waals surface area contributed by atoms with Gasteiger partial charge < -0.3 is 10.1 Å². The smallest absolute Gasteiger partial charge is 0.372 e. The lowest BCUT2D eigenvalue weighted by molar-refractivity contribution is -0.137. The SMILES string of the molecule is O=C(NCC(F)=C1COCc2cnn(-c3ccc(C(F)(F)F)cc3)c21)NS(=O)(=O)c1cc(Cl)c(Cl)s1. The lowest BCUT2D eigenvalue weighted by atomic mass is 10.1. The number of aromatic nitrogens is 2. The Bertz CT molecular complexity index is 1430. The summed E-state index contributed by atoms with van der Waals surface area (Å²) in [6.07, 6.45) is -3.13. The Hall–Kier alpha value is -2.65. The van der Waals surface area contributed by atoms with Crippen molar-refractivity contribution in [2.75, 3.05) is 13.2 Å². The fourth-order valence-corrected chi connectivity index (χ4v) is 6.08. The number of thiophene rings is 1. The quantitative estimate of drug-likeness (QED) is 0.403. The molecular formula is C20H14Cl2F4N4O4S2.